The number of carbonyl (C=O) groups is 1. The molecule has 0 spiro atoms. The molecule has 2 aromatic rings. The van der Waals surface area contributed by atoms with E-state index in [1.165, 1.54) is 11.6 Å². The Hall–Kier alpha value is -1.56. The number of phenols is 1. The molecule has 2 rings (SSSR count). The molecule has 2 N–H and O–H groups in total. The summed E-state index contributed by atoms with van der Waals surface area (Å²) in [7, 11) is 0. The number of carbonyl (C=O) groups excluding carboxylic acids is 1. The molecule has 98 valence electrons. The van der Waals surface area contributed by atoms with Crippen LogP contribution in [0.25, 0.3) is 0 Å². The van der Waals surface area contributed by atoms with Gasteiger partial charge in [-0.25, -0.2) is 0 Å². The fraction of sp³-hybridized carbons (Fsp3) is 0.133. The number of amides is 1. The molecule has 0 aromatic heterocycles. The molecule has 3 nitrogen and oxygen atoms in total. The van der Waals surface area contributed by atoms with E-state index in [9.17, 15) is 9.90 Å². The summed E-state index contributed by atoms with van der Waals surface area (Å²) < 4.78 is 0.905. The second-order valence-electron chi connectivity index (χ2n) is 4.17. The van der Waals surface area contributed by atoms with E-state index in [1.807, 2.05) is 24.3 Å². The van der Waals surface area contributed by atoms with Gasteiger partial charge >= 0.3 is 0 Å². The van der Waals surface area contributed by atoms with Crippen LogP contribution in [0.5, 0.6) is 5.75 Å². The van der Waals surface area contributed by atoms with Crippen molar-refractivity contribution in [2.75, 3.05) is 5.32 Å². The zero-order valence-corrected chi connectivity index (χ0v) is 12.6. The number of benzene rings is 2. The van der Waals surface area contributed by atoms with Gasteiger partial charge in [0.05, 0.1) is 5.56 Å². The standard InChI is InChI=1S/C15H14INO2/c1-2-10-3-6-12(7-4-10)17-15(19)13-9-11(16)5-8-14(13)18/h3-9,18H,2H2,1H3,(H,17,19). The molecule has 0 fully saturated rings. The van der Waals surface area contributed by atoms with Gasteiger partial charge in [-0.05, 0) is 64.9 Å². The lowest BCUT2D eigenvalue weighted by molar-refractivity contribution is 0.102. The Kier molecular flexibility index (Phi) is 4.42. The maximum absolute atomic E-state index is 12.1. The minimum atomic E-state index is -0.305. The molecule has 0 aliphatic carbocycles. The quantitative estimate of drug-likeness (QED) is 0.811. The summed E-state index contributed by atoms with van der Waals surface area (Å²) in [5.41, 5.74) is 2.22. The number of rotatable bonds is 3. The smallest absolute Gasteiger partial charge is 0.259 e. The highest BCUT2D eigenvalue weighted by atomic mass is 127. The molecule has 0 aliphatic heterocycles. The molecule has 0 aliphatic rings. The highest BCUT2D eigenvalue weighted by Crippen LogP contribution is 2.21. The van der Waals surface area contributed by atoms with E-state index in [1.54, 1.807) is 12.1 Å². The fourth-order valence-corrected chi connectivity index (χ4v) is 2.20. The molecule has 0 bridgehead atoms. The SMILES string of the molecule is CCc1ccc(NC(=O)c2cc(I)ccc2O)cc1. The van der Waals surface area contributed by atoms with Crippen molar-refractivity contribution in [2.45, 2.75) is 13.3 Å². The van der Waals surface area contributed by atoms with Gasteiger partial charge in [-0.2, -0.15) is 0 Å². The summed E-state index contributed by atoms with van der Waals surface area (Å²) in [6, 6.07) is 12.6. The Morgan fingerprint density at radius 3 is 2.53 bits per heavy atom. The Balaban J connectivity index is 2.18. The summed E-state index contributed by atoms with van der Waals surface area (Å²) in [5.74, 6) is -0.316. The first-order valence-electron chi connectivity index (χ1n) is 5.99. The molecule has 0 saturated carbocycles. The number of aryl methyl sites for hydroxylation is 1. The first-order valence-corrected chi connectivity index (χ1v) is 7.07. The zero-order valence-electron chi connectivity index (χ0n) is 10.5. The second-order valence-corrected chi connectivity index (χ2v) is 5.41. The van der Waals surface area contributed by atoms with Crippen molar-refractivity contribution in [3.63, 3.8) is 0 Å². The average molecular weight is 367 g/mol. The van der Waals surface area contributed by atoms with Crippen LogP contribution in [0.1, 0.15) is 22.8 Å². The normalized spacial score (nSPS) is 10.2. The van der Waals surface area contributed by atoms with Gasteiger partial charge in [0, 0.05) is 9.26 Å². The number of aromatic hydroxyl groups is 1. The van der Waals surface area contributed by atoms with Crippen molar-refractivity contribution in [3.05, 3.63) is 57.2 Å². The van der Waals surface area contributed by atoms with E-state index in [0.717, 1.165) is 15.7 Å². The number of hydrogen-bond acceptors (Lipinski definition) is 2. The van der Waals surface area contributed by atoms with Crippen LogP contribution in [0.2, 0.25) is 0 Å². The van der Waals surface area contributed by atoms with Crippen LogP contribution in [0, 0.1) is 3.57 Å². The van der Waals surface area contributed by atoms with Crippen molar-refractivity contribution in [1.82, 2.24) is 0 Å². The average Bonchev–Trinajstić information content (AvgIpc) is 2.42. The summed E-state index contributed by atoms with van der Waals surface area (Å²) in [6.07, 6.45) is 0.964. The maximum atomic E-state index is 12.1. The second kappa shape index (κ2) is 6.06. The van der Waals surface area contributed by atoms with Gasteiger partial charge < -0.3 is 10.4 Å². The molecular formula is C15H14INO2. The molecule has 4 heteroatoms. The monoisotopic (exact) mass is 367 g/mol. The topological polar surface area (TPSA) is 49.3 Å². The molecule has 0 heterocycles. The number of halogens is 1. The summed E-state index contributed by atoms with van der Waals surface area (Å²) >= 11 is 2.10. The van der Waals surface area contributed by atoms with Crippen molar-refractivity contribution in [1.29, 1.82) is 0 Å². The number of anilines is 1. The highest BCUT2D eigenvalue weighted by Gasteiger charge is 2.11. The lowest BCUT2D eigenvalue weighted by Crippen LogP contribution is -2.12. The molecule has 1 amide bonds. The van der Waals surface area contributed by atoms with Gasteiger partial charge in [0.1, 0.15) is 5.75 Å². The van der Waals surface area contributed by atoms with Crippen molar-refractivity contribution in [2.24, 2.45) is 0 Å². The third kappa shape index (κ3) is 3.47. The third-order valence-corrected chi connectivity index (χ3v) is 3.49. The molecule has 19 heavy (non-hydrogen) atoms. The molecule has 0 atom stereocenters. The summed E-state index contributed by atoms with van der Waals surface area (Å²) in [5, 5.41) is 12.5. The third-order valence-electron chi connectivity index (χ3n) is 2.82. The van der Waals surface area contributed by atoms with E-state index in [0.29, 0.717) is 0 Å². The van der Waals surface area contributed by atoms with Gasteiger partial charge in [0.15, 0.2) is 0 Å². The van der Waals surface area contributed by atoms with Crippen LogP contribution in [0.15, 0.2) is 42.5 Å². The van der Waals surface area contributed by atoms with Crippen molar-refractivity contribution in [3.8, 4) is 5.75 Å². The number of hydrogen-bond donors (Lipinski definition) is 2. The Labute approximate surface area is 125 Å². The molecule has 0 unspecified atom stereocenters. The van der Waals surface area contributed by atoms with Crippen LogP contribution in [-0.4, -0.2) is 11.0 Å². The largest absolute Gasteiger partial charge is 0.507 e. The van der Waals surface area contributed by atoms with E-state index >= 15 is 0 Å². The number of nitrogens with one attached hydrogen (secondary N) is 1. The van der Waals surface area contributed by atoms with Crippen LogP contribution in [-0.2, 0) is 6.42 Å². The number of phenolic OH excluding ortho intramolecular Hbond substituents is 1. The molecule has 0 saturated heterocycles. The predicted molar refractivity (Wildman–Crippen MR) is 84.6 cm³/mol. The molecule has 2 aromatic carbocycles. The van der Waals surface area contributed by atoms with Crippen molar-refractivity contribution >= 4 is 34.2 Å². The Morgan fingerprint density at radius 1 is 1.21 bits per heavy atom. The van der Waals surface area contributed by atoms with Crippen LogP contribution in [0.3, 0.4) is 0 Å². The van der Waals surface area contributed by atoms with E-state index < -0.39 is 0 Å². The highest BCUT2D eigenvalue weighted by molar-refractivity contribution is 14.1. The van der Waals surface area contributed by atoms with Gasteiger partial charge in [0.25, 0.3) is 5.91 Å². The lowest BCUT2D eigenvalue weighted by Gasteiger charge is -2.08. The van der Waals surface area contributed by atoms with Gasteiger partial charge in [-0.15, -0.1) is 0 Å². The minimum Gasteiger partial charge on any atom is -0.507 e. The maximum Gasteiger partial charge on any atom is 0.259 e. The van der Waals surface area contributed by atoms with E-state index in [4.69, 9.17) is 0 Å². The Morgan fingerprint density at radius 2 is 1.89 bits per heavy atom. The van der Waals surface area contributed by atoms with Crippen LogP contribution < -0.4 is 5.32 Å². The first kappa shape index (κ1) is 13.9. The van der Waals surface area contributed by atoms with Crippen LogP contribution >= 0.6 is 22.6 Å². The van der Waals surface area contributed by atoms with Gasteiger partial charge in [-0.1, -0.05) is 19.1 Å². The zero-order chi connectivity index (χ0) is 13.8. The van der Waals surface area contributed by atoms with E-state index in [2.05, 4.69) is 34.8 Å². The lowest BCUT2D eigenvalue weighted by atomic mass is 10.1. The Bertz CT molecular complexity index is 594. The first-order chi connectivity index (χ1) is 9.10. The fourth-order valence-electron chi connectivity index (χ4n) is 1.71. The van der Waals surface area contributed by atoms with Gasteiger partial charge in [-0.3, -0.25) is 4.79 Å². The summed E-state index contributed by atoms with van der Waals surface area (Å²) in [6.45, 7) is 2.08. The molecular weight excluding hydrogens is 353 g/mol. The van der Waals surface area contributed by atoms with Gasteiger partial charge in [0.2, 0.25) is 0 Å². The van der Waals surface area contributed by atoms with Crippen LogP contribution in [0.4, 0.5) is 5.69 Å². The minimum absolute atomic E-state index is 0.0110. The van der Waals surface area contributed by atoms with E-state index in [-0.39, 0.29) is 17.2 Å². The predicted octanol–water partition coefficient (Wildman–Crippen LogP) is 3.81. The summed E-state index contributed by atoms with van der Waals surface area (Å²) in [4.78, 5) is 12.1. The molecule has 0 radical (unpaired) electrons. The van der Waals surface area contributed by atoms with Crippen molar-refractivity contribution < 1.29 is 9.90 Å².